The first-order chi connectivity index (χ1) is 13.8. The van der Waals surface area contributed by atoms with Crippen molar-refractivity contribution in [2.24, 2.45) is 0 Å². The van der Waals surface area contributed by atoms with E-state index in [1.165, 1.54) is 16.7 Å². The summed E-state index contributed by atoms with van der Waals surface area (Å²) in [6.45, 7) is 5.64. The molecule has 0 bridgehead atoms. The standard InChI is InChI=1S/C22H24N4O2S/c1-14-9-11-17(12-10-14)25-20(27)13-26(4)22(28)15(2)29-21-18-7-5-6-8-19(18)23-16(3)24-21/h5-12,15H,13H2,1-4H3,(H,25,27)/t15-/m1/s1. The molecular formula is C22H24N4O2S. The van der Waals surface area contributed by atoms with Crippen LogP contribution in [-0.4, -0.2) is 45.5 Å². The van der Waals surface area contributed by atoms with Crippen molar-refractivity contribution in [3.63, 3.8) is 0 Å². The first kappa shape index (κ1) is 20.8. The van der Waals surface area contributed by atoms with E-state index in [0.717, 1.165) is 21.5 Å². The number of fused-ring (bicyclic) bond motifs is 1. The van der Waals surface area contributed by atoms with Crippen molar-refractivity contribution < 1.29 is 9.59 Å². The summed E-state index contributed by atoms with van der Waals surface area (Å²) >= 11 is 1.38. The second-order valence-electron chi connectivity index (χ2n) is 6.96. The molecule has 7 heteroatoms. The number of para-hydroxylation sites is 1. The van der Waals surface area contributed by atoms with Crippen LogP contribution in [0.15, 0.2) is 53.6 Å². The van der Waals surface area contributed by atoms with E-state index in [1.807, 2.05) is 69.3 Å². The number of benzene rings is 2. The van der Waals surface area contributed by atoms with Gasteiger partial charge in [0.05, 0.1) is 17.3 Å². The lowest BCUT2D eigenvalue weighted by Crippen LogP contribution is -2.39. The van der Waals surface area contributed by atoms with Crippen molar-refractivity contribution in [1.29, 1.82) is 0 Å². The highest BCUT2D eigenvalue weighted by Gasteiger charge is 2.22. The van der Waals surface area contributed by atoms with E-state index < -0.39 is 0 Å². The maximum atomic E-state index is 12.8. The molecule has 2 aromatic carbocycles. The number of nitrogens with zero attached hydrogens (tertiary/aromatic N) is 3. The van der Waals surface area contributed by atoms with Crippen LogP contribution in [0.4, 0.5) is 5.69 Å². The number of nitrogens with one attached hydrogen (secondary N) is 1. The van der Waals surface area contributed by atoms with Crippen molar-refractivity contribution in [1.82, 2.24) is 14.9 Å². The minimum Gasteiger partial charge on any atom is -0.335 e. The number of carbonyl (C=O) groups excluding carboxylic acids is 2. The monoisotopic (exact) mass is 408 g/mol. The van der Waals surface area contributed by atoms with E-state index in [0.29, 0.717) is 11.5 Å². The largest absolute Gasteiger partial charge is 0.335 e. The van der Waals surface area contributed by atoms with Crippen molar-refractivity contribution in [2.75, 3.05) is 18.9 Å². The van der Waals surface area contributed by atoms with E-state index >= 15 is 0 Å². The molecule has 150 valence electrons. The lowest BCUT2D eigenvalue weighted by molar-refractivity contribution is -0.132. The summed E-state index contributed by atoms with van der Waals surface area (Å²) in [7, 11) is 1.64. The molecule has 1 N–H and O–H groups in total. The Hall–Kier alpha value is -2.93. The number of hydrogen-bond acceptors (Lipinski definition) is 5. The fraction of sp³-hybridized carbons (Fsp3) is 0.273. The van der Waals surface area contributed by atoms with Crippen LogP contribution in [0.1, 0.15) is 18.3 Å². The van der Waals surface area contributed by atoms with Crippen LogP contribution in [0.3, 0.4) is 0 Å². The molecule has 3 aromatic rings. The maximum absolute atomic E-state index is 12.8. The molecule has 0 aliphatic heterocycles. The molecular weight excluding hydrogens is 384 g/mol. The van der Waals surface area contributed by atoms with Crippen molar-refractivity contribution >= 4 is 40.2 Å². The minimum atomic E-state index is -0.384. The summed E-state index contributed by atoms with van der Waals surface area (Å²) in [5, 5.41) is 4.12. The molecule has 0 aliphatic rings. The van der Waals surface area contributed by atoms with Gasteiger partial charge in [-0.15, -0.1) is 0 Å². The van der Waals surface area contributed by atoms with Gasteiger partial charge in [0.2, 0.25) is 11.8 Å². The Morgan fingerprint density at radius 1 is 1.07 bits per heavy atom. The first-order valence-electron chi connectivity index (χ1n) is 9.35. The molecule has 0 saturated carbocycles. The number of hydrogen-bond donors (Lipinski definition) is 1. The zero-order valence-corrected chi connectivity index (χ0v) is 17.8. The van der Waals surface area contributed by atoms with Gasteiger partial charge in [0.25, 0.3) is 0 Å². The third-order valence-electron chi connectivity index (χ3n) is 4.41. The minimum absolute atomic E-state index is 0.0127. The maximum Gasteiger partial charge on any atom is 0.243 e. The molecule has 1 atom stereocenters. The molecule has 3 rings (SSSR count). The van der Waals surface area contributed by atoms with Crippen molar-refractivity contribution in [3.05, 3.63) is 59.9 Å². The Labute approximate surface area is 174 Å². The lowest BCUT2D eigenvalue weighted by atomic mass is 10.2. The zero-order chi connectivity index (χ0) is 21.0. The number of amides is 2. The number of aromatic nitrogens is 2. The molecule has 0 aliphatic carbocycles. The Balaban J connectivity index is 1.64. The van der Waals surface area contributed by atoms with E-state index in [2.05, 4.69) is 15.3 Å². The fourth-order valence-electron chi connectivity index (χ4n) is 2.91. The summed E-state index contributed by atoms with van der Waals surface area (Å²) in [5.74, 6) is 0.302. The Morgan fingerprint density at radius 3 is 2.48 bits per heavy atom. The van der Waals surface area contributed by atoms with Crippen LogP contribution < -0.4 is 5.32 Å². The van der Waals surface area contributed by atoms with Crippen LogP contribution in [-0.2, 0) is 9.59 Å². The zero-order valence-electron chi connectivity index (χ0n) is 17.0. The quantitative estimate of drug-likeness (QED) is 0.496. The van der Waals surface area contributed by atoms with E-state index in [-0.39, 0.29) is 23.6 Å². The number of likely N-dealkylation sites (N-methyl/N-ethyl adjacent to an activating group) is 1. The predicted octanol–water partition coefficient (Wildman–Crippen LogP) is 3.82. The smallest absolute Gasteiger partial charge is 0.243 e. The van der Waals surface area contributed by atoms with Crippen LogP contribution in [0.25, 0.3) is 10.9 Å². The van der Waals surface area contributed by atoms with E-state index in [1.54, 1.807) is 7.05 Å². The molecule has 0 unspecified atom stereocenters. The number of rotatable bonds is 6. The number of carbonyl (C=O) groups is 2. The Kier molecular flexibility index (Phi) is 6.49. The van der Waals surface area contributed by atoms with Gasteiger partial charge < -0.3 is 10.2 Å². The SMILES string of the molecule is Cc1ccc(NC(=O)CN(C)C(=O)[C@@H](C)Sc2nc(C)nc3ccccc23)cc1. The number of thioether (sulfide) groups is 1. The third kappa shape index (κ3) is 5.32. The molecule has 0 fully saturated rings. The third-order valence-corrected chi connectivity index (χ3v) is 5.50. The van der Waals surface area contributed by atoms with E-state index in [4.69, 9.17) is 0 Å². The van der Waals surface area contributed by atoms with Crippen molar-refractivity contribution in [2.45, 2.75) is 31.0 Å². The average molecular weight is 409 g/mol. The molecule has 1 aromatic heterocycles. The number of aryl methyl sites for hydroxylation is 2. The molecule has 2 amide bonds. The van der Waals surface area contributed by atoms with E-state index in [9.17, 15) is 9.59 Å². The Morgan fingerprint density at radius 2 is 1.76 bits per heavy atom. The summed E-state index contributed by atoms with van der Waals surface area (Å²) in [6.07, 6.45) is 0. The molecule has 29 heavy (non-hydrogen) atoms. The first-order valence-corrected chi connectivity index (χ1v) is 10.2. The predicted molar refractivity (Wildman–Crippen MR) is 117 cm³/mol. The van der Waals surface area contributed by atoms with Gasteiger partial charge in [-0.1, -0.05) is 47.7 Å². The van der Waals surface area contributed by atoms with Crippen molar-refractivity contribution in [3.8, 4) is 0 Å². The highest BCUT2D eigenvalue weighted by atomic mass is 32.2. The molecule has 0 saturated heterocycles. The van der Waals surface area contributed by atoms with Crippen LogP contribution in [0.5, 0.6) is 0 Å². The van der Waals surface area contributed by atoms with Gasteiger partial charge in [0, 0.05) is 18.1 Å². The lowest BCUT2D eigenvalue weighted by Gasteiger charge is -2.21. The second kappa shape index (κ2) is 9.05. The normalized spacial score (nSPS) is 11.9. The molecule has 6 nitrogen and oxygen atoms in total. The van der Waals surface area contributed by atoms with Gasteiger partial charge >= 0.3 is 0 Å². The highest BCUT2D eigenvalue weighted by Crippen LogP contribution is 2.29. The average Bonchev–Trinajstić information content (AvgIpc) is 2.68. The highest BCUT2D eigenvalue weighted by molar-refractivity contribution is 8.00. The van der Waals surface area contributed by atoms with Crippen LogP contribution >= 0.6 is 11.8 Å². The molecule has 0 radical (unpaired) electrons. The topological polar surface area (TPSA) is 75.2 Å². The number of anilines is 1. The van der Waals surface area contributed by atoms with Gasteiger partial charge in [-0.25, -0.2) is 9.97 Å². The summed E-state index contributed by atoms with van der Waals surface area (Å²) < 4.78 is 0. The van der Waals surface area contributed by atoms with Gasteiger partial charge in [-0.2, -0.15) is 0 Å². The van der Waals surface area contributed by atoms with Gasteiger partial charge in [-0.3, -0.25) is 9.59 Å². The fourth-order valence-corrected chi connectivity index (χ4v) is 4.01. The molecule has 0 spiro atoms. The molecule has 1 heterocycles. The summed E-state index contributed by atoms with van der Waals surface area (Å²) in [4.78, 5) is 35.4. The van der Waals surface area contributed by atoms with Gasteiger partial charge in [-0.05, 0) is 39.0 Å². The van der Waals surface area contributed by atoms with Gasteiger partial charge in [0.15, 0.2) is 0 Å². The second-order valence-corrected chi connectivity index (χ2v) is 8.29. The summed E-state index contributed by atoms with van der Waals surface area (Å²) in [5.41, 5.74) is 2.69. The summed E-state index contributed by atoms with van der Waals surface area (Å²) in [6, 6.07) is 15.3. The van der Waals surface area contributed by atoms with Crippen LogP contribution in [0, 0.1) is 13.8 Å². The van der Waals surface area contributed by atoms with Gasteiger partial charge in [0.1, 0.15) is 10.9 Å². The van der Waals surface area contributed by atoms with Crippen LogP contribution in [0.2, 0.25) is 0 Å². The Bertz CT molecular complexity index is 1040.